The third-order valence-electron chi connectivity index (χ3n) is 3.88. The molecule has 3 aromatic rings. The van der Waals surface area contributed by atoms with Gasteiger partial charge >= 0.3 is 0 Å². The molecule has 1 aromatic heterocycles. The predicted molar refractivity (Wildman–Crippen MR) is 85.3 cm³/mol. The third-order valence-corrected chi connectivity index (χ3v) is 3.88. The summed E-state index contributed by atoms with van der Waals surface area (Å²) >= 11 is 0. The number of nitrogens with zero attached hydrogens (tertiary/aromatic N) is 1. The number of aryl methyl sites for hydroxylation is 1. The molecule has 0 unspecified atom stereocenters. The average molecular weight is 314 g/mol. The van der Waals surface area contributed by atoms with Crippen LogP contribution in [0, 0.1) is 11.6 Å². The van der Waals surface area contributed by atoms with Gasteiger partial charge in [0.1, 0.15) is 17.3 Å². The Balaban J connectivity index is 1.71. The number of hydrogen-bond donors (Lipinski definition) is 1. The lowest BCUT2D eigenvalue weighted by molar-refractivity contribution is 0.0946. The van der Waals surface area contributed by atoms with Crippen molar-refractivity contribution in [1.82, 2.24) is 9.88 Å². The molecular weight excluding hydrogens is 298 g/mol. The highest BCUT2D eigenvalue weighted by Gasteiger charge is 2.13. The molecule has 0 saturated heterocycles. The van der Waals surface area contributed by atoms with Crippen LogP contribution in [0.2, 0.25) is 0 Å². The zero-order valence-electron chi connectivity index (χ0n) is 12.6. The van der Waals surface area contributed by atoms with Gasteiger partial charge < -0.3 is 9.88 Å². The Bertz CT molecular complexity index is 871. The molecule has 0 saturated carbocycles. The number of halogens is 2. The monoisotopic (exact) mass is 314 g/mol. The van der Waals surface area contributed by atoms with Crippen molar-refractivity contribution in [3.8, 4) is 0 Å². The smallest absolute Gasteiger partial charge is 0.267 e. The van der Waals surface area contributed by atoms with E-state index in [4.69, 9.17) is 0 Å². The number of carbonyl (C=O) groups is 1. The van der Waals surface area contributed by atoms with Gasteiger partial charge in [-0.05, 0) is 42.3 Å². The molecule has 2 aromatic carbocycles. The maximum atomic E-state index is 13.5. The summed E-state index contributed by atoms with van der Waals surface area (Å²) in [5, 5.41) is 3.57. The van der Waals surface area contributed by atoms with E-state index in [9.17, 15) is 13.6 Å². The van der Waals surface area contributed by atoms with Gasteiger partial charge in [0.25, 0.3) is 5.91 Å². The predicted octanol–water partition coefficient (Wildman–Crippen LogP) is 3.43. The number of fused-ring (bicyclic) bond motifs is 1. The van der Waals surface area contributed by atoms with E-state index >= 15 is 0 Å². The van der Waals surface area contributed by atoms with E-state index in [1.165, 1.54) is 18.2 Å². The van der Waals surface area contributed by atoms with Crippen molar-refractivity contribution in [3.05, 3.63) is 71.4 Å². The molecule has 0 aliphatic carbocycles. The molecule has 0 spiro atoms. The van der Waals surface area contributed by atoms with Gasteiger partial charge in [-0.25, -0.2) is 8.78 Å². The summed E-state index contributed by atoms with van der Waals surface area (Å²) in [6.07, 6.45) is 0.414. The second-order valence-corrected chi connectivity index (χ2v) is 5.39. The standard InChI is InChI=1S/C18H16F2N2O/c1-22-16-11-14(19)7-6-13(16)10-17(22)18(23)21-9-8-12-4-2-3-5-15(12)20/h2-7,10-11H,8-9H2,1H3,(H,21,23). The summed E-state index contributed by atoms with van der Waals surface area (Å²) in [6, 6.07) is 12.6. The van der Waals surface area contributed by atoms with Crippen molar-refractivity contribution >= 4 is 16.8 Å². The van der Waals surface area contributed by atoms with Crippen LogP contribution < -0.4 is 5.32 Å². The van der Waals surface area contributed by atoms with Crippen molar-refractivity contribution in [2.45, 2.75) is 6.42 Å². The highest BCUT2D eigenvalue weighted by Crippen LogP contribution is 2.19. The number of benzene rings is 2. The van der Waals surface area contributed by atoms with Crippen molar-refractivity contribution in [2.75, 3.05) is 6.54 Å². The Morgan fingerprint density at radius 2 is 1.91 bits per heavy atom. The van der Waals surface area contributed by atoms with E-state index in [-0.39, 0.29) is 17.5 Å². The number of carbonyl (C=O) groups excluding carboxylic acids is 1. The first-order valence-corrected chi connectivity index (χ1v) is 7.33. The molecule has 0 aliphatic heterocycles. The Hall–Kier alpha value is -2.69. The van der Waals surface area contributed by atoms with Crippen LogP contribution in [0.25, 0.3) is 10.9 Å². The van der Waals surface area contributed by atoms with Crippen molar-refractivity contribution in [2.24, 2.45) is 7.05 Å². The number of amides is 1. The fraction of sp³-hybridized carbons (Fsp3) is 0.167. The fourth-order valence-electron chi connectivity index (χ4n) is 2.62. The lowest BCUT2D eigenvalue weighted by Crippen LogP contribution is -2.27. The molecule has 1 amide bonds. The number of nitrogens with one attached hydrogen (secondary N) is 1. The Morgan fingerprint density at radius 3 is 2.70 bits per heavy atom. The first-order valence-electron chi connectivity index (χ1n) is 7.33. The van der Waals surface area contributed by atoms with E-state index in [1.54, 1.807) is 41.9 Å². The van der Waals surface area contributed by atoms with E-state index in [1.807, 2.05) is 0 Å². The van der Waals surface area contributed by atoms with Crippen LogP contribution in [-0.4, -0.2) is 17.0 Å². The largest absolute Gasteiger partial charge is 0.350 e. The lowest BCUT2D eigenvalue weighted by Gasteiger charge is -2.07. The molecule has 0 radical (unpaired) electrons. The van der Waals surface area contributed by atoms with Crippen molar-refractivity contribution in [1.29, 1.82) is 0 Å². The van der Waals surface area contributed by atoms with Crippen LogP contribution >= 0.6 is 0 Å². The number of aromatic nitrogens is 1. The van der Waals surface area contributed by atoms with Crippen LogP contribution in [0.4, 0.5) is 8.78 Å². The minimum atomic E-state index is -0.342. The summed E-state index contributed by atoms with van der Waals surface area (Å²) in [4.78, 5) is 12.3. The van der Waals surface area contributed by atoms with Gasteiger partial charge in [-0.15, -0.1) is 0 Å². The molecule has 0 fully saturated rings. The van der Waals surface area contributed by atoms with Gasteiger partial charge in [0.2, 0.25) is 0 Å². The second-order valence-electron chi connectivity index (χ2n) is 5.39. The van der Waals surface area contributed by atoms with Crippen LogP contribution in [0.1, 0.15) is 16.1 Å². The van der Waals surface area contributed by atoms with Gasteiger partial charge in [0.05, 0.1) is 5.52 Å². The van der Waals surface area contributed by atoms with Crippen LogP contribution in [0.3, 0.4) is 0 Å². The summed E-state index contributed by atoms with van der Waals surface area (Å²) in [6.45, 7) is 0.329. The maximum absolute atomic E-state index is 13.5. The van der Waals surface area contributed by atoms with Gasteiger partial charge in [-0.2, -0.15) is 0 Å². The van der Waals surface area contributed by atoms with Gasteiger partial charge in [-0.3, -0.25) is 4.79 Å². The van der Waals surface area contributed by atoms with Gasteiger partial charge in [0, 0.05) is 19.0 Å². The van der Waals surface area contributed by atoms with Gasteiger partial charge in [-0.1, -0.05) is 18.2 Å². The highest BCUT2D eigenvalue weighted by molar-refractivity contribution is 5.98. The number of rotatable bonds is 4. The average Bonchev–Trinajstić information content (AvgIpc) is 2.86. The molecule has 3 nitrogen and oxygen atoms in total. The third kappa shape index (κ3) is 3.08. The normalized spacial score (nSPS) is 10.9. The number of hydrogen-bond acceptors (Lipinski definition) is 1. The zero-order valence-corrected chi connectivity index (χ0v) is 12.6. The molecule has 0 bridgehead atoms. The molecular formula is C18H16F2N2O. The quantitative estimate of drug-likeness (QED) is 0.786. The summed E-state index contributed by atoms with van der Waals surface area (Å²) in [5.41, 5.74) is 1.66. The molecule has 0 atom stereocenters. The Kier molecular flexibility index (Phi) is 4.10. The van der Waals surface area contributed by atoms with E-state index in [0.29, 0.717) is 29.7 Å². The van der Waals surface area contributed by atoms with Gasteiger partial charge in [0.15, 0.2) is 0 Å². The van der Waals surface area contributed by atoms with Crippen molar-refractivity contribution < 1.29 is 13.6 Å². The molecule has 0 aliphatic rings. The van der Waals surface area contributed by atoms with Crippen molar-refractivity contribution in [3.63, 3.8) is 0 Å². The van der Waals surface area contributed by atoms with E-state index in [2.05, 4.69) is 5.32 Å². The molecule has 5 heteroatoms. The Morgan fingerprint density at radius 1 is 1.13 bits per heavy atom. The molecule has 118 valence electrons. The fourth-order valence-corrected chi connectivity index (χ4v) is 2.62. The van der Waals surface area contributed by atoms with Crippen LogP contribution in [0.5, 0.6) is 0 Å². The molecule has 23 heavy (non-hydrogen) atoms. The van der Waals surface area contributed by atoms with E-state index in [0.717, 1.165) is 5.39 Å². The zero-order chi connectivity index (χ0) is 16.4. The topological polar surface area (TPSA) is 34.0 Å². The molecule has 1 N–H and O–H groups in total. The SMILES string of the molecule is Cn1c(C(=O)NCCc2ccccc2F)cc2ccc(F)cc21. The Labute approximate surface area is 132 Å². The summed E-state index contributed by atoms with van der Waals surface area (Å²) in [7, 11) is 1.72. The minimum absolute atomic E-state index is 0.263. The van der Waals surface area contributed by atoms with Crippen LogP contribution in [-0.2, 0) is 13.5 Å². The minimum Gasteiger partial charge on any atom is -0.350 e. The van der Waals surface area contributed by atoms with Crippen LogP contribution in [0.15, 0.2) is 48.5 Å². The summed E-state index contributed by atoms with van der Waals surface area (Å²) in [5.74, 6) is -0.882. The molecule has 1 heterocycles. The van der Waals surface area contributed by atoms with E-state index < -0.39 is 0 Å². The second kappa shape index (κ2) is 6.20. The first-order chi connectivity index (χ1) is 11.1. The maximum Gasteiger partial charge on any atom is 0.267 e. The molecule has 3 rings (SSSR count). The first kappa shape index (κ1) is 15.2. The highest BCUT2D eigenvalue weighted by atomic mass is 19.1. The lowest BCUT2D eigenvalue weighted by atomic mass is 10.1. The summed E-state index contributed by atoms with van der Waals surface area (Å²) < 4.78 is 28.5.